The molecule has 1 aliphatic rings. The highest BCUT2D eigenvalue weighted by Crippen LogP contribution is 2.23. The van der Waals surface area contributed by atoms with E-state index in [4.69, 9.17) is 5.11 Å². The van der Waals surface area contributed by atoms with E-state index in [1.165, 1.54) is 17.9 Å². The number of aliphatic hydroxyl groups is 1. The summed E-state index contributed by atoms with van der Waals surface area (Å²) in [7, 11) is 0. The van der Waals surface area contributed by atoms with E-state index in [2.05, 4.69) is 10.6 Å². The fourth-order valence-corrected chi connectivity index (χ4v) is 3.30. The van der Waals surface area contributed by atoms with E-state index in [0.29, 0.717) is 5.56 Å². The average Bonchev–Trinajstić information content (AvgIpc) is 2.96. The lowest BCUT2D eigenvalue weighted by molar-refractivity contribution is 0.0945. The summed E-state index contributed by atoms with van der Waals surface area (Å²) in [6.45, 7) is 1.26. The standard InChI is InChI=1S/C14H20N2O2S/c17-7-6-15-14(18)12-1-3-13(4-2-12)16-9-11-5-8-19-10-11/h1-4,11,16-17H,5-10H2,(H,15,18). The topological polar surface area (TPSA) is 61.4 Å². The van der Waals surface area contributed by atoms with E-state index in [1.54, 1.807) is 12.1 Å². The van der Waals surface area contributed by atoms with Crippen molar-refractivity contribution in [2.75, 3.05) is 36.5 Å². The molecule has 0 aromatic heterocycles. The number of carbonyl (C=O) groups is 1. The Kier molecular flexibility index (Phi) is 5.54. The van der Waals surface area contributed by atoms with Gasteiger partial charge in [-0.05, 0) is 48.1 Å². The quantitative estimate of drug-likeness (QED) is 0.740. The predicted molar refractivity (Wildman–Crippen MR) is 79.8 cm³/mol. The van der Waals surface area contributed by atoms with Crippen molar-refractivity contribution in [1.29, 1.82) is 0 Å². The van der Waals surface area contributed by atoms with E-state index in [-0.39, 0.29) is 19.1 Å². The number of carbonyl (C=O) groups excluding carboxylic acids is 1. The first-order valence-electron chi connectivity index (χ1n) is 6.60. The number of hydrogen-bond donors (Lipinski definition) is 3. The van der Waals surface area contributed by atoms with Gasteiger partial charge < -0.3 is 15.7 Å². The first kappa shape index (κ1) is 14.2. The van der Waals surface area contributed by atoms with Crippen LogP contribution in [0.1, 0.15) is 16.8 Å². The van der Waals surface area contributed by atoms with E-state index in [0.717, 1.165) is 18.2 Å². The zero-order valence-electron chi connectivity index (χ0n) is 10.9. The lowest BCUT2D eigenvalue weighted by Gasteiger charge is -2.11. The molecule has 1 aromatic carbocycles. The summed E-state index contributed by atoms with van der Waals surface area (Å²) in [4.78, 5) is 11.6. The smallest absolute Gasteiger partial charge is 0.251 e. The van der Waals surface area contributed by atoms with E-state index in [9.17, 15) is 4.79 Å². The largest absolute Gasteiger partial charge is 0.395 e. The number of thioether (sulfide) groups is 1. The number of amides is 1. The van der Waals surface area contributed by atoms with Crippen molar-refractivity contribution in [3.63, 3.8) is 0 Å². The van der Waals surface area contributed by atoms with Crippen LogP contribution in [-0.4, -0.2) is 42.2 Å². The average molecular weight is 280 g/mol. The maximum absolute atomic E-state index is 11.6. The molecule has 1 unspecified atom stereocenters. The van der Waals surface area contributed by atoms with Gasteiger partial charge in [-0.3, -0.25) is 4.79 Å². The summed E-state index contributed by atoms with van der Waals surface area (Å²) in [5.74, 6) is 3.13. The van der Waals surface area contributed by atoms with Crippen LogP contribution in [0.4, 0.5) is 5.69 Å². The molecular formula is C14H20N2O2S. The highest BCUT2D eigenvalue weighted by Gasteiger charge is 2.14. The zero-order valence-corrected chi connectivity index (χ0v) is 11.7. The van der Waals surface area contributed by atoms with Crippen LogP contribution in [0.5, 0.6) is 0 Å². The molecule has 0 spiro atoms. The van der Waals surface area contributed by atoms with Gasteiger partial charge in [0.05, 0.1) is 6.61 Å². The molecule has 104 valence electrons. The Hall–Kier alpha value is -1.20. The summed E-state index contributed by atoms with van der Waals surface area (Å²) >= 11 is 2.02. The Morgan fingerprint density at radius 2 is 2.16 bits per heavy atom. The molecule has 1 aromatic rings. The Morgan fingerprint density at radius 3 is 2.79 bits per heavy atom. The second-order valence-corrected chi connectivity index (χ2v) is 5.82. The van der Waals surface area contributed by atoms with Crippen LogP contribution in [-0.2, 0) is 0 Å². The molecule has 2 rings (SSSR count). The van der Waals surface area contributed by atoms with Gasteiger partial charge in [-0.2, -0.15) is 11.8 Å². The maximum Gasteiger partial charge on any atom is 0.251 e. The van der Waals surface area contributed by atoms with Crippen LogP contribution in [0.2, 0.25) is 0 Å². The molecule has 4 nitrogen and oxygen atoms in total. The predicted octanol–water partition coefficient (Wildman–Crippen LogP) is 1.57. The zero-order chi connectivity index (χ0) is 13.5. The van der Waals surface area contributed by atoms with Crippen molar-refractivity contribution in [1.82, 2.24) is 5.32 Å². The molecule has 0 aliphatic carbocycles. The van der Waals surface area contributed by atoms with Crippen LogP contribution in [0.25, 0.3) is 0 Å². The molecule has 1 heterocycles. The third-order valence-electron chi connectivity index (χ3n) is 3.16. The summed E-state index contributed by atoms with van der Waals surface area (Å²) < 4.78 is 0. The van der Waals surface area contributed by atoms with Crippen molar-refractivity contribution in [3.05, 3.63) is 29.8 Å². The molecule has 3 N–H and O–H groups in total. The monoisotopic (exact) mass is 280 g/mol. The number of rotatable bonds is 6. The van der Waals surface area contributed by atoms with Crippen molar-refractivity contribution < 1.29 is 9.90 Å². The normalized spacial score (nSPS) is 18.3. The minimum atomic E-state index is -0.146. The highest BCUT2D eigenvalue weighted by atomic mass is 32.2. The summed E-state index contributed by atoms with van der Waals surface area (Å²) in [6.07, 6.45) is 1.29. The van der Waals surface area contributed by atoms with Gasteiger partial charge in [0.25, 0.3) is 5.91 Å². The van der Waals surface area contributed by atoms with Gasteiger partial charge in [-0.15, -0.1) is 0 Å². The third kappa shape index (κ3) is 4.44. The minimum Gasteiger partial charge on any atom is -0.395 e. The Labute approximate surface area is 118 Å². The molecule has 5 heteroatoms. The molecule has 1 amide bonds. The third-order valence-corrected chi connectivity index (χ3v) is 4.39. The first-order chi connectivity index (χ1) is 9.29. The molecule has 0 radical (unpaired) electrons. The molecule has 1 atom stereocenters. The van der Waals surface area contributed by atoms with Crippen molar-refractivity contribution in [2.45, 2.75) is 6.42 Å². The second kappa shape index (κ2) is 7.40. The van der Waals surface area contributed by atoms with Gasteiger partial charge in [0.1, 0.15) is 0 Å². The van der Waals surface area contributed by atoms with E-state index >= 15 is 0 Å². The molecule has 0 saturated carbocycles. The number of aliphatic hydroxyl groups excluding tert-OH is 1. The van der Waals surface area contributed by atoms with Gasteiger partial charge >= 0.3 is 0 Å². The number of anilines is 1. The van der Waals surface area contributed by atoms with E-state index in [1.807, 2.05) is 23.9 Å². The van der Waals surface area contributed by atoms with Crippen LogP contribution in [0, 0.1) is 5.92 Å². The number of benzene rings is 1. The number of hydrogen-bond acceptors (Lipinski definition) is 4. The van der Waals surface area contributed by atoms with E-state index < -0.39 is 0 Å². The van der Waals surface area contributed by atoms with Gasteiger partial charge in [-0.1, -0.05) is 0 Å². The Morgan fingerprint density at radius 1 is 1.37 bits per heavy atom. The fraction of sp³-hybridized carbons (Fsp3) is 0.500. The summed E-state index contributed by atoms with van der Waals surface area (Å²) in [5, 5.41) is 14.7. The van der Waals surface area contributed by atoms with Gasteiger partial charge in [0.15, 0.2) is 0 Å². The molecule has 1 aliphatic heterocycles. The van der Waals surface area contributed by atoms with Crippen LogP contribution in [0.15, 0.2) is 24.3 Å². The molecular weight excluding hydrogens is 260 g/mol. The molecule has 1 fully saturated rings. The first-order valence-corrected chi connectivity index (χ1v) is 7.76. The van der Waals surface area contributed by atoms with Crippen molar-refractivity contribution in [2.24, 2.45) is 5.92 Å². The summed E-state index contributed by atoms with van der Waals surface area (Å²) in [6, 6.07) is 7.46. The summed E-state index contributed by atoms with van der Waals surface area (Å²) in [5.41, 5.74) is 1.67. The lowest BCUT2D eigenvalue weighted by Crippen LogP contribution is -2.26. The van der Waals surface area contributed by atoms with Crippen LogP contribution >= 0.6 is 11.8 Å². The van der Waals surface area contributed by atoms with Crippen molar-refractivity contribution >= 4 is 23.4 Å². The van der Waals surface area contributed by atoms with Crippen LogP contribution in [0.3, 0.4) is 0 Å². The Bertz CT molecular complexity index is 402. The second-order valence-electron chi connectivity index (χ2n) is 4.67. The highest BCUT2D eigenvalue weighted by molar-refractivity contribution is 7.99. The van der Waals surface area contributed by atoms with Gasteiger partial charge in [-0.25, -0.2) is 0 Å². The van der Waals surface area contributed by atoms with Gasteiger partial charge in [0.2, 0.25) is 0 Å². The Balaban J connectivity index is 1.81. The minimum absolute atomic E-state index is 0.0369. The lowest BCUT2D eigenvalue weighted by atomic mass is 10.1. The fourth-order valence-electron chi connectivity index (χ4n) is 2.02. The molecule has 19 heavy (non-hydrogen) atoms. The van der Waals surface area contributed by atoms with Crippen LogP contribution < -0.4 is 10.6 Å². The van der Waals surface area contributed by atoms with Crippen molar-refractivity contribution in [3.8, 4) is 0 Å². The molecule has 1 saturated heterocycles. The molecule has 0 bridgehead atoms. The van der Waals surface area contributed by atoms with Gasteiger partial charge in [0, 0.05) is 24.3 Å². The number of nitrogens with one attached hydrogen (secondary N) is 2. The SMILES string of the molecule is O=C(NCCO)c1ccc(NCC2CCSC2)cc1. The maximum atomic E-state index is 11.6.